The Bertz CT molecular complexity index is 1040. The molecule has 6 heteroatoms. The number of carbonyl (C=O) groups excluding carboxylic acids is 1. The summed E-state index contributed by atoms with van der Waals surface area (Å²) < 4.78 is 8.15. The molecular weight excluding hydrogens is 376 g/mol. The Morgan fingerprint density at radius 3 is 2.83 bits per heavy atom. The van der Waals surface area contributed by atoms with Gasteiger partial charge in [0.25, 0.3) is 5.91 Å². The molecule has 3 heterocycles. The van der Waals surface area contributed by atoms with Crippen LogP contribution in [0.5, 0.6) is 5.75 Å². The number of nitrogens with zero attached hydrogens (tertiary/aromatic N) is 4. The number of fused-ring (bicyclic) bond motifs is 2. The summed E-state index contributed by atoms with van der Waals surface area (Å²) in [4.78, 5) is 14.8. The molecule has 2 aliphatic heterocycles. The lowest BCUT2D eigenvalue weighted by atomic mass is 9.97. The van der Waals surface area contributed by atoms with Gasteiger partial charge in [-0.05, 0) is 48.6 Å². The van der Waals surface area contributed by atoms with Gasteiger partial charge in [-0.25, -0.2) is 0 Å². The highest BCUT2D eigenvalue weighted by Crippen LogP contribution is 2.28. The van der Waals surface area contributed by atoms with E-state index in [0.29, 0.717) is 6.54 Å². The summed E-state index contributed by atoms with van der Waals surface area (Å²) in [5, 5.41) is 11.3. The van der Waals surface area contributed by atoms with E-state index in [4.69, 9.17) is 4.74 Å². The van der Waals surface area contributed by atoms with Gasteiger partial charge in [0.2, 0.25) is 0 Å². The van der Waals surface area contributed by atoms with Crippen molar-refractivity contribution in [2.75, 3.05) is 19.7 Å². The number of ether oxygens (including phenoxy) is 1. The highest BCUT2D eigenvalue weighted by molar-refractivity contribution is 5.84. The summed E-state index contributed by atoms with van der Waals surface area (Å²) in [7, 11) is 0. The minimum Gasteiger partial charge on any atom is -0.484 e. The lowest BCUT2D eigenvalue weighted by Gasteiger charge is -2.32. The average Bonchev–Trinajstić information content (AvgIpc) is 3.05. The zero-order valence-corrected chi connectivity index (χ0v) is 17.3. The monoisotopic (exact) mass is 404 g/mol. The number of hydrogen-bond donors (Lipinski definition) is 0. The van der Waals surface area contributed by atoms with Crippen LogP contribution in [0.3, 0.4) is 0 Å². The maximum atomic E-state index is 12.9. The molecule has 0 unspecified atom stereocenters. The van der Waals surface area contributed by atoms with E-state index < -0.39 is 0 Å². The highest BCUT2D eigenvalue weighted by atomic mass is 16.5. The van der Waals surface area contributed by atoms with Gasteiger partial charge in [0, 0.05) is 32.0 Å². The molecule has 1 fully saturated rings. The van der Waals surface area contributed by atoms with Crippen molar-refractivity contribution in [2.24, 2.45) is 0 Å². The Labute approximate surface area is 176 Å². The van der Waals surface area contributed by atoms with E-state index in [1.807, 2.05) is 35.2 Å². The quantitative estimate of drug-likeness (QED) is 0.661. The molecule has 30 heavy (non-hydrogen) atoms. The van der Waals surface area contributed by atoms with Crippen molar-refractivity contribution in [3.8, 4) is 5.75 Å². The molecular formula is C24H28N4O2. The summed E-state index contributed by atoms with van der Waals surface area (Å²) >= 11 is 0. The van der Waals surface area contributed by atoms with Gasteiger partial charge in [-0.1, -0.05) is 36.8 Å². The first-order chi connectivity index (χ1) is 14.8. The summed E-state index contributed by atoms with van der Waals surface area (Å²) in [6.07, 6.45) is 6.71. The van der Waals surface area contributed by atoms with Gasteiger partial charge in [0.15, 0.2) is 6.61 Å². The summed E-state index contributed by atoms with van der Waals surface area (Å²) in [5.41, 5.74) is 0. The van der Waals surface area contributed by atoms with Gasteiger partial charge in [0.05, 0.1) is 0 Å². The molecule has 2 aliphatic rings. The van der Waals surface area contributed by atoms with Crippen molar-refractivity contribution in [3.05, 3.63) is 54.1 Å². The van der Waals surface area contributed by atoms with E-state index in [1.165, 1.54) is 24.6 Å². The molecule has 1 atom stereocenters. The minimum absolute atomic E-state index is 0.0449. The van der Waals surface area contributed by atoms with Crippen LogP contribution in [0.2, 0.25) is 0 Å². The fourth-order valence-electron chi connectivity index (χ4n) is 4.72. The van der Waals surface area contributed by atoms with Gasteiger partial charge >= 0.3 is 0 Å². The van der Waals surface area contributed by atoms with Crippen LogP contribution in [0.4, 0.5) is 0 Å². The number of aryl methyl sites for hydroxylation is 1. The highest BCUT2D eigenvalue weighted by Gasteiger charge is 2.29. The third kappa shape index (κ3) is 3.91. The zero-order valence-electron chi connectivity index (χ0n) is 17.3. The maximum absolute atomic E-state index is 12.9. The van der Waals surface area contributed by atoms with Gasteiger partial charge in [0.1, 0.15) is 17.4 Å². The Morgan fingerprint density at radius 2 is 1.90 bits per heavy atom. The SMILES string of the molecule is O=C(COc1ccc2ccccc2c1)N1CCC[C@@H](c2nnc3n2CCCCC3)C1. The second kappa shape index (κ2) is 8.46. The molecule has 0 radical (unpaired) electrons. The Morgan fingerprint density at radius 1 is 1.00 bits per heavy atom. The number of aromatic nitrogens is 3. The lowest BCUT2D eigenvalue weighted by molar-refractivity contribution is -0.134. The van der Waals surface area contributed by atoms with Crippen molar-refractivity contribution in [1.82, 2.24) is 19.7 Å². The van der Waals surface area contributed by atoms with Crippen LogP contribution in [-0.2, 0) is 17.8 Å². The first kappa shape index (κ1) is 19.1. The van der Waals surface area contributed by atoms with E-state index in [-0.39, 0.29) is 18.4 Å². The van der Waals surface area contributed by atoms with Crippen LogP contribution in [0.25, 0.3) is 10.8 Å². The molecule has 1 amide bonds. The van der Waals surface area contributed by atoms with Gasteiger partial charge in [-0.3, -0.25) is 4.79 Å². The molecule has 0 saturated carbocycles. The fourth-order valence-corrected chi connectivity index (χ4v) is 4.72. The fraction of sp³-hybridized carbons (Fsp3) is 0.458. The van der Waals surface area contributed by atoms with E-state index in [1.54, 1.807) is 0 Å². The first-order valence-corrected chi connectivity index (χ1v) is 11.1. The largest absolute Gasteiger partial charge is 0.484 e. The predicted octanol–water partition coefficient (Wildman–Crippen LogP) is 3.94. The molecule has 1 saturated heterocycles. The molecule has 2 aromatic carbocycles. The van der Waals surface area contributed by atoms with E-state index in [9.17, 15) is 4.79 Å². The minimum atomic E-state index is 0.0449. The second-order valence-electron chi connectivity index (χ2n) is 8.41. The van der Waals surface area contributed by atoms with E-state index in [0.717, 1.165) is 55.1 Å². The second-order valence-corrected chi connectivity index (χ2v) is 8.41. The summed E-state index contributed by atoms with van der Waals surface area (Å²) in [6.45, 7) is 2.58. The van der Waals surface area contributed by atoms with Gasteiger partial charge < -0.3 is 14.2 Å². The molecule has 6 nitrogen and oxygen atoms in total. The number of piperidine rings is 1. The third-order valence-electron chi connectivity index (χ3n) is 6.36. The number of carbonyl (C=O) groups is 1. The maximum Gasteiger partial charge on any atom is 0.260 e. The van der Waals surface area contributed by atoms with Crippen molar-refractivity contribution in [2.45, 2.75) is 51.0 Å². The number of hydrogen-bond acceptors (Lipinski definition) is 4. The number of likely N-dealkylation sites (tertiary alicyclic amines) is 1. The molecule has 0 aliphatic carbocycles. The third-order valence-corrected chi connectivity index (χ3v) is 6.36. The van der Waals surface area contributed by atoms with Crippen molar-refractivity contribution >= 4 is 16.7 Å². The van der Waals surface area contributed by atoms with E-state index in [2.05, 4.69) is 26.9 Å². The average molecular weight is 405 g/mol. The molecule has 0 spiro atoms. The van der Waals surface area contributed by atoms with Gasteiger partial charge in [-0.2, -0.15) is 0 Å². The van der Waals surface area contributed by atoms with Crippen molar-refractivity contribution in [3.63, 3.8) is 0 Å². The van der Waals surface area contributed by atoms with Crippen molar-refractivity contribution < 1.29 is 9.53 Å². The van der Waals surface area contributed by atoms with Crippen LogP contribution in [0.15, 0.2) is 42.5 Å². The van der Waals surface area contributed by atoms with Crippen LogP contribution in [-0.4, -0.2) is 45.3 Å². The molecule has 0 bridgehead atoms. The van der Waals surface area contributed by atoms with Gasteiger partial charge in [-0.15, -0.1) is 10.2 Å². The standard InChI is InChI=1S/C24H28N4O2/c29-23(17-30-21-12-11-18-7-3-4-8-19(18)15-21)27-13-6-9-20(16-27)24-26-25-22-10-2-1-5-14-28(22)24/h3-4,7-8,11-12,15,20H,1-2,5-6,9-10,13-14,16-17H2/t20-/m1/s1. The Hall–Kier alpha value is -2.89. The number of amides is 1. The van der Waals surface area contributed by atoms with E-state index >= 15 is 0 Å². The smallest absolute Gasteiger partial charge is 0.260 e. The lowest BCUT2D eigenvalue weighted by Crippen LogP contribution is -2.42. The molecule has 1 aromatic heterocycles. The Kier molecular flexibility index (Phi) is 5.39. The first-order valence-electron chi connectivity index (χ1n) is 11.1. The molecule has 156 valence electrons. The number of benzene rings is 2. The number of rotatable bonds is 4. The summed E-state index contributed by atoms with van der Waals surface area (Å²) in [6, 6.07) is 14.1. The topological polar surface area (TPSA) is 60.2 Å². The Balaban J connectivity index is 1.23. The normalized spacial score (nSPS) is 19.3. The van der Waals surface area contributed by atoms with Crippen LogP contribution in [0, 0.1) is 0 Å². The molecule has 0 N–H and O–H groups in total. The molecule has 3 aromatic rings. The van der Waals surface area contributed by atoms with Crippen molar-refractivity contribution in [1.29, 1.82) is 0 Å². The predicted molar refractivity (Wildman–Crippen MR) is 116 cm³/mol. The van der Waals surface area contributed by atoms with Crippen LogP contribution in [0.1, 0.15) is 49.7 Å². The van der Waals surface area contributed by atoms with Crippen LogP contribution >= 0.6 is 0 Å². The molecule has 5 rings (SSSR count). The van der Waals surface area contributed by atoms with Crippen LogP contribution < -0.4 is 4.74 Å². The summed E-state index contributed by atoms with van der Waals surface area (Å²) in [5.74, 6) is 3.23. The zero-order chi connectivity index (χ0) is 20.3.